The van der Waals surface area contributed by atoms with Crippen molar-refractivity contribution in [2.24, 2.45) is 5.73 Å². The van der Waals surface area contributed by atoms with Gasteiger partial charge in [-0.15, -0.1) is 11.3 Å². The van der Waals surface area contributed by atoms with Gasteiger partial charge >= 0.3 is 0 Å². The molecule has 0 aliphatic rings. The minimum Gasteiger partial charge on any atom is -0.326 e. The van der Waals surface area contributed by atoms with Crippen LogP contribution in [0.15, 0.2) is 35.7 Å². The van der Waals surface area contributed by atoms with E-state index in [2.05, 4.69) is 42.6 Å². The van der Waals surface area contributed by atoms with Gasteiger partial charge in [-0.05, 0) is 29.5 Å². The van der Waals surface area contributed by atoms with E-state index in [4.69, 9.17) is 5.73 Å². The van der Waals surface area contributed by atoms with Gasteiger partial charge in [0, 0.05) is 11.4 Å². The molecule has 0 spiro atoms. The average molecular weight is 203 g/mol. The van der Waals surface area contributed by atoms with E-state index < -0.39 is 0 Å². The zero-order valence-corrected chi connectivity index (χ0v) is 8.97. The Morgan fingerprint density at radius 2 is 1.86 bits per heavy atom. The van der Waals surface area contributed by atoms with Gasteiger partial charge in [0.15, 0.2) is 0 Å². The quantitative estimate of drug-likeness (QED) is 0.797. The summed E-state index contributed by atoms with van der Waals surface area (Å²) in [6, 6.07) is 10.7. The zero-order valence-electron chi connectivity index (χ0n) is 8.16. The van der Waals surface area contributed by atoms with Gasteiger partial charge in [-0.1, -0.05) is 29.8 Å². The molecule has 0 aliphatic heterocycles. The van der Waals surface area contributed by atoms with Crippen LogP contribution in [-0.4, -0.2) is 0 Å². The number of thiophene rings is 1. The van der Waals surface area contributed by atoms with E-state index in [0.29, 0.717) is 6.54 Å². The van der Waals surface area contributed by atoms with Gasteiger partial charge in [0.2, 0.25) is 0 Å². The highest BCUT2D eigenvalue weighted by atomic mass is 32.1. The Labute approximate surface area is 88.2 Å². The maximum atomic E-state index is 5.67. The third-order valence-electron chi connectivity index (χ3n) is 2.28. The van der Waals surface area contributed by atoms with Crippen molar-refractivity contribution in [2.75, 3.05) is 0 Å². The number of hydrogen-bond acceptors (Lipinski definition) is 2. The van der Waals surface area contributed by atoms with E-state index in [1.54, 1.807) is 11.3 Å². The molecule has 0 saturated carbocycles. The van der Waals surface area contributed by atoms with Crippen LogP contribution in [-0.2, 0) is 6.54 Å². The molecule has 72 valence electrons. The van der Waals surface area contributed by atoms with Crippen LogP contribution in [0.5, 0.6) is 0 Å². The number of nitrogens with two attached hydrogens (primary N) is 1. The summed E-state index contributed by atoms with van der Waals surface area (Å²) in [6.45, 7) is 2.72. The monoisotopic (exact) mass is 203 g/mol. The Kier molecular flexibility index (Phi) is 2.66. The molecule has 2 aromatic rings. The van der Waals surface area contributed by atoms with E-state index in [0.717, 1.165) is 0 Å². The molecule has 1 heterocycles. The first-order chi connectivity index (χ1) is 6.81. The first-order valence-corrected chi connectivity index (χ1v) is 5.52. The first-order valence-electron chi connectivity index (χ1n) is 4.65. The molecule has 2 N–H and O–H groups in total. The summed E-state index contributed by atoms with van der Waals surface area (Å²) in [5.41, 5.74) is 9.46. The summed E-state index contributed by atoms with van der Waals surface area (Å²) >= 11 is 1.75. The third kappa shape index (κ3) is 1.72. The highest BCUT2D eigenvalue weighted by molar-refractivity contribution is 7.13. The van der Waals surface area contributed by atoms with Crippen molar-refractivity contribution in [2.45, 2.75) is 13.5 Å². The largest absolute Gasteiger partial charge is 0.326 e. The second kappa shape index (κ2) is 3.95. The minimum absolute atomic E-state index is 0.618. The summed E-state index contributed by atoms with van der Waals surface area (Å²) in [5.74, 6) is 0. The van der Waals surface area contributed by atoms with Crippen LogP contribution >= 0.6 is 11.3 Å². The Hall–Kier alpha value is -1.12. The van der Waals surface area contributed by atoms with Crippen molar-refractivity contribution in [3.05, 3.63) is 46.8 Å². The molecule has 0 atom stereocenters. The molecule has 0 aliphatic carbocycles. The van der Waals surface area contributed by atoms with Crippen LogP contribution in [0.3, 0.4) is 0 Å². The fourth-order valence-electron chi connectivity index (χ4n) is 1.45. The molecule has 0 unspecified atom stereocenters. The normalized spacial score (nSPS) is 10.4. The highest BCUT2D eigenvalue weighted by Crippen LogP contribution is 2.29. The second-order valence-corrected chi connectivity index (χ2v) is 4.26. The third-order valence-corrected chi connectivity index (χ3v) is 3.29. The minimum atomic E-state index is 0.618. The lowest BCUT2D eigenvalue weighted by Crippen LogP contribution is -1.95. The Bertz CT molecular complexity index is 414. The molecule has 0 amide bonds. The highest BCUT2D eigenvalue weighted by Gasteiger charge is 2.04. The van der Waals surface area contributed by atoms with Gasteiger partial charge in [-0.25, -0.2) is 0 Å². The van der Waals surface area contributed by atoms with E-state index in [9.17, 15) is 0 Å². The van der Waals surface area contributed by atoms with Crippen molar-refractivity contribution < 1.29 is 0 Å². The smallest absolute Gasteiger partial charge is 0.0387 e. The number of benzene rings is 1. The van der Waals surface area contributed by atoms with E-state index in [-0.39, 0.29) is 0 Å². The summed E-state index contributed by atoms with van der Waals surface area (Å²) in [7, 11) is 0. The fourth-order valence-corrected chi connectivity index (χ4v) is 2.40. The lowest BCUT2D eigenvalue weighted by atomic mass is 10.1. The van der Waals surface area contributed by atoms with Crippen LogP contribution in [0.1, 0.15) is 11.1 Å². The molecule has 0 bridgehead atoms. The number of aryl methyl sites for hydroxylation is 1. The molecule has 1 nitrogen and oxygen atoms in total. The van der Waals surface area contributed by atoms with Crippen molar-refractivity contribution in [3.63, 3.8) is 0 Å². The van der Waals surface area contributed by atoms with Gasteiger partial charge in [-0.2, -0.15) is 0 Å². The molecular formula is C12H13NS. The predicted octanol–water partition coefficient (Wildman–Crippen LogP) is 3.18. The predicted molar refractivity (Wildman–Crippen MR) is 62.4 cm³/mol. The van der Waals surface area contributed by atoms with Crippen LogP contribution in [0, 0.1) is 6.92 Å². The summed E-state index contributed by atoms with van der Waals surface area (Å²) in [4.78, 5) is 1.30. The topological polar surface area (TPSA) is 26.0 Å². The van der Waals surface area contributed by atoms with Crippen LogP contribution < -0.4 is 5.73 Å². The standard InChI is InChI=1S/C12H13NS/c1-9-2-4-10(5-3-9)12-11(8-13)6-7-14-12/h2-7H,8,13H2,1H3. The van der Waals surface area contributed by atoms with E-state index in [1.807, 2.05) is 0 Å². The molecule has 2 heteroatoms. The van der Waals surface area contributed by atoms with Crippen molar-refractivity contribution in [1.82, 2.24) is 0 Å². The maximum absolute atomic E-state index is 5.67. The molecule has 0 saturated heterocycles. The second-order valence-electron chi connectivity index (χ2n) is 3.35. The Morgan fingerprint density at radius 1 is 1.14 bits per heavy atom. The lowest BCUT2D eigenvalue weighted by Gasteiger charge is -2.01. The Morgan fingerprint density at radius 3 is 2.50 bits per heavy atom. The molecular weight excluding hydrogens is 190 g/mol. The number of hydrogen-bond donors (Lipinski definition) is 1. The summed E-state index contributed by atoms with van der Waals surface area (Å²) in [6.07, 6.45) is 0. The number of rotatable bonds is 2. The molecule has 1 aromatic heterocycles. The first kappa shape index (κ1) is 9.44. The maximum Gasteiger partial charge on any atom is 0.0387 e. The average Bonchev–Trinajstić information content (AvgIpc) is 2.67. The van der Waals surface area contributed by atoms with Crippen LogP contribution in [0.4, 0.5) is 0 Å². The molecule has 0 radical (unpaired) electrons. The molecule has 14 heavy (non-hydrogen) atoms. The van der Waals surface area contributed by atoms with Gasteiger partial charge < -0.3 is 5.73 Å². The molecule has 0 fully saturated rings. The molecule has 1 aromatic carbocycles. The van der Waals surface area contributed by atoms with Crippen LogP contribution in [0.25, 0.3) is 10.4 Å². The fraction of sp³-hybridized carbons (Fsp3) is 0.167. The van der Waals surface area contributed by atoms with Crippen molar-refractivity contribution >= 4 is 11.3 Å². The van der Waals surface area contributed by atoms with Gasteiger partial charge in [-0.3, -0.25) is 0 Å². The zero-order chi connectivity index (χ0) is 9.97. The van der Waals surface area contributed by atoms with Gasteiger partial charge in [0.25, 0.3) is 0 Å². The van der Waals surface area contributed by atoms with Gasteiger partial charge in [0.05, 0.1) is 0 Å². The van der Waals surface area contributed by atoms with E-state index in [1.165, 1.54) is 21.6 Å². The van der Waals surface area contributed by atoms with E-state index >= 15 is 0 Å². The van der Waals surface area contributed by atoms with Crippen molar-refractivity contribution in [3.8, 4) is 10.4 Å². The van der Waals surface area contributed by atoms with Crippen LogP contribution in [0.2, 0.25) is 0 Å². The molecule has 2 rings (SSSR count). The lowest BCUT2D eigenvalue weighted by molar-refractivity contribution is 1.08. The summed E-state index contributed by atoms with van der Waals surface area (Å²) in [5, 5.41) is 2.09. The Balaban J connectivity index is 2.44. The summed E-state index contributed by atoms with van der Waals surface area (Å²) < 4.78 is 0. The SMILES string of the molecule is Cc1ccc(-c2sccc2CN)cc1. The van der Waals surface area contributed by atoms with Gasteiger partial charge in [0.1, 0.15) is 0 Å². The van der Waals surface area contributed by atoms with Crippen molar-refractivity contribution in [1.29, 1.82) is 0 Å².